The third kappa shape index (κ3) is 5.24. The zero-order chi connectivity index (χ0) is 20.6. The van der Waals surface area contributed by atoms with Crippen LogP contribution < -0.4 is 5.32 Å². The van der Waals surface area contributed by atoms with Gasteiger partial charge < -0.3 is 10.2 Å². The summed E-state index contributed by atoms with van der Waals surface area (Å²) in [5, 5.41) is 3.13. The minimum atomic E-state index is -0.393. The van der Waals surface area contributed by atoms with Crippen LogP contribution in [0.3, 0.4) is 0 Å². The van der Waals surface area contributed by atoms with Gasteiger partial charge in [-0.2, -0.15) is 0 Å². The molecule has 0 aliphatic carbocycles. The second kappa shape index (κ2) is 10.2. The van der Waals surface area contributed by atoms with Crippen LogP contribution in [0.4, 0.5) is 0 Å². The third-order valence-electron chi connectivity index (χ3n) is 5.73. The summed E-state index contributed by atoms with van der Waals surface area (Å²) in [5.74, 6) is -0.00257. The lowest BCUT2D eigenvalue weighted by molar-refractivity contribution is -0.135. The molecule has 2 aromatic rings. The number of likely N-dealkylation sites (N-methyl/N-ethyl adjacent to an activating group) is 1. The van der Waals surface area contributed by atoms with Gasteiger partial charge in [0.05, 0.1) is 6.04 Å². The van der Waals surface area contributed by atoms with Gasteiger partial charge in [0.25, 0.3) is 0 Å². The first-order valence-corrected chi connectivity index (χ1v) is 10.5. The Balaban J connectivity index is 1.68. The van der Waals surface area contributed by atoms with Crippen molar-refractivity contribution < 1.29 is 9.59 Å². The van der Waals surface area contributed by atoms with Crippen molar-refractivity contribution in [2.24, 2.45) is 0 Å². The van der Waals surface area contributed by atoms with Crippen molar-refractivity contribution in [1.82, 2.24) is 15.1 Å². The molecule has 2 unspecified atom stereocenters. The van der Waals surface area contributed by atoms with E-state index in [0.29, 0.717) is 25.9 Å². The van der Waals surface area contributed by atoms with Crippen molar-refractivity contribution in [3.05, 3.63) is 71.8 Å². The highest BCUT2D eigenvalue weighted by molar-refractivity contribution is 5.90. The molecule has 0 spiro atoms. The van der Waals surface area contributed by atoms with Crippen molar-refractivity contribution in [3.63, 3.8) is 0 Å². The van der Waals surface area contributed by atoms with E-state index in [-0.39, 0.29) is 17.9 Å². The molecule has 1 aliphatic rings. The summed E-state index contributed by atoms with van der Waals surface area (Å²) in [4.78, 5) is 29.5. The van der Waals surface area contributed by atoms with Gasteiger partial charge in [-0.15, -0.1) is 0 Å². The van der Waals surface area contributed by atoms with Crippen molar-refractivity contribution >= 4 is 11.8 Å². The highest BCUT2D eigenvalue weighted by Gasteiger charge is 2.36. The molecular weight excluding hydrogens is 362 g/mol. The second-order valence-electron chi connectivity index (χ2n) is 7.45. The maximum atomic E-state index is 13.0. The van der Waals surface area contributed by atoms with Gasteiger partial charge in [0.15, 0.2) is 0 Å². The molecule has 0 bridgehead atoms. The molecular formula is C24H31N3O2. The number of hydrogen-bond donors (Lipinski definition) is 1. The second-order valence-corrected chi connectivity index (χ2v) is 7.45. The van der Waals surface area contributed by atoms with Gasteiger partial charge in [-0.25, -0.2) is 0 Å². The van der Waals surface area contributed by atoms with Crippen LogP contribution in [0.15, 0.2) is 60.7 Å². The predicted octanol–water partition coefficient (Wildman–Crippen LogP) is 3.38. The minimum Gasteiger partial charge on any atom is -0.352 e. The Hall–Kier alpha value is -2.66. The number of amides is 2. The molecule has 29 heavy (non-hydrogen) atoms. The number of carbonyl (C=O) groups excluding carboxylic acids is 2. The molecule has 1 fully saturated rings. The van der Waals surface area contributed by atoms with Crippen LogP contribution in [0.2, 0.25) is 0 Å². The van der Waals surface area contributed by atoms with Gasteiger partial charge in [0.1, 0.15) is 6.04 Å². The fraction of sp³-hybridized carbons (Fsp3) is 0.417. The molecule has 1 heterocycles. The topological polar surface area (TPSA) is 52.7 Å². The van der Waals surface area contributed by atoms with Crippen LogP contribution >= 0.6 is 0 Å². The summed E-state index contributed by atoms with van der Waals surface area (Å²) in [7, 11) is 0. The van der Waals surface area contributed by atoms with Crippen LogP contribution in [-0.4, -0.2) is 47.3 Å². The number of benzene rings is 2. The van der Waals surface area contributed by atoms with E-state index >= 15 is 0 Å². The van der Waals surface area contributed by atoms with Gasteiger partial charge in [-0.3, -0.25) is 14.5 Å². The Morgan fingerprint density at radius 3 is 2.31 bits per heavy atom. The van der Waals surface area contributed by atoms with Crippen LogP contribution in [0.1, 0.15) is 43.9 Å². The van der Waals surface area contributed by atoms with E-state index < -0.39 is 6.04 Å². The molecule has 2 atom stereocenters. The maximum absolute atomic E-state index is 13.0. The zero-order valence-corrected chi connectivity index (χ0v) is 17.4. The standard InChI is InChI=1S/C24H31N3O2/c1-3-26(4-2)22(20-13-9-6-10-14-20)17-25-24(29)21-15-16-23(28)27(21)18-19-11-7-5-8-12-19/h5-14,21-22H,3-4,15-18H2,1-2H3,(H,25,29). The molecule has 0 aromatic heterocycles. The van der Waals surface area contributed by atoms with E-state index in [9.17, 15) is 9.59 Å². The Kier molecular flexibility index (Phi) is 7.42. The van der Waals surface area contributed by atoms with Crippen LogP contribution in [0, 0.1) is 0 Å². The number of carbonyl (C=O) groups is 2. The van der Waals surface area contributed by atoms with Crippen LogP contribution in [0.25, 0.3) is 0 Å². The number of likely N-dealkylation sites (tertiary alicyclic amines) is 1. The quantitative estimate of drug-likeness (QED) is 0.711. The van der Waals surface area contributed by atoms with Crippen LogP contribution in [0.5, 0.6) is 0 Å². The van der Waals surface area contributed by atoms with E-state index in [1.165, 1.54) is 5.56 Å². The number of nitrogens with zero attached hydrogens (tertiary/aromatic N) is 2. The summed E-state index contributed by atoms with van der Waals surface area (Å²) in [6.07, 6.45) is 1.02. The van der Waals surface area contributed by atoms with Gasteiger partial charge in [-0.05, 0) is 30.6 Å². The average molecular weight is 394 g/mol. The first kappa shape index (κ1) is 21.1. The molecule has 5 nitrogen and oxygen atoms in total. The Morgan fingerprint density at radius 2 is 1.69 bits per heavy atom. The largest absolute Gasteiger partial charge is 0.352 e. The average Bonchev–Trinajstić information content (AvgIpc) is 3.12. The lowest BCUT2D eigenvalue weighted by Crippen LogP contribution is -2.47. The molecule has 0 saturated carbocycles. The number of nitrogens with one attached hydrogen (secondary N) is 1. The first-order valence-electron chi connectivity index (χ1n) is 10.5. The fourth-order valence-electron chi connectivity index (χ4n) is 4.10. The third-order valence-corrected chi connectivity index (χ3v) is 5.73. The summed E-state index contributed by atoms with van der Waals surface area (Å²) in [6, 6.07) is 19.9. The lowest BCUT2D eigenvalue weighted by Gasteiger charge is -2.31. The summed E-state index contributed by atoms with van der Waals surface area (Å²) in [6.45, 7) is 7.11. The van der Waals surface area contributed by atoms with Crippen LogP contribution in [-0.2, 0) is 16.1 Å². The monoisotopic (exact) mass is 393 g/mol. The lowest BCUT2D eigenvalue weighted by atomic mass is 10.0. The molecule has 1 saturated heterocycles. The molecule has 0 radical (unpaired) electrons. The highest BCUT2D eigenvalue weighted by atomic mass is 16.2. The van der Waals surface area contributed by atoms with Crippen molar-refractivity contribution in [2.75, 3.05) is 19.6 Å². The summed E-state index contributed by atoms with van der Waals surface area (Å²) >= 11 is 0. The predicted molar refractivity (Wildman–Crippen MR) is 115 cm³/mol. The summed E-state index contributed by atoms with van der Waals surface area (Å²) < 4.78 is 0. The van der Waals surface area contributed by atoms with Crippen molar-refractivity contribution in [1.29, 1.82) is 0 Å². The first-order chi connectivity index (χ1) is 14.1. The van der Waals surface area contributed by atoms with E-state index in [1.54, 1.807) is 4.90 Å². The molecule has 2 amide bonds. The normalized spacial score (nSPS) is 17.6. The minimum absolute atomic E-state index is 0.0531. The Bertz CT molecular complexity index is 790. The summed E-state index contributed by atoms with van der Waals surface area (Å²) in [5.41, 5.74) is 2.24. The van der Waals surface area contributed by atoms with Gasteiger partial charge in [0.2, 0.25) is 11.8 Å². The van der Waals surface area contributed by atoms with Crippen molar-refractivity contribution in [2.45, 2.75) is 45.3 Å². The van der Waals surface area contributed by atoms with E-state index in [0.717, 1.165) is 18.7 Å². The molecule has 1 aliphatic heterocycles. The SMILES string of the molecule is CCN(CC)C(CNC(=O)C1CCC(=O)N1Cc1ccccc1)c1ccccc1. The smallest absolute Gasteiger partial charge is 0.242 e. The zero-order valence-electron chi connectivity index (χ0n) is 17.4. The Labute approximate surface area is 173 Å². The van der Waals surface area contributed by atoms with Crippen molar-refractivity contribution in [3.8, 4) is 0 Å². The molecule has 154 valence electrons. The fourth-order valence-corrected chi connectivity index (χ4v) is 4.10. The van der Waals surface area contributed by atoms with E-state index in [1.807, 2.05) is 48.5 Å². The number of rotatable bonds is 9. The van der Waals surface area contributed by atoms with Gasteiger partial charge in [0, 0.05) is 19.5 Å². The molecule has 2 aromatic carbocycles. The van der Waals surface area contributed by atoms with E-state index in [4.69, 9.17) is 0 Å². The Morgan fingerprint density at radius 1 is 1.07 bits per heavy atom. The molecule has 3 rings (SSSR count). The maximum Gasteiger partial charge on any atom is 0.242 e. The van der Waals surface area contributed by atoms with Gasteiger partial charge >= 0.3 is 0 Å². The number of hydrogen-bond acceptors (Lipinski definition) is 3. The molecule has 5 heteroatoms. The van der Waals surface area contributed by atoms with E-state index in [2.05, 4.69) is 36.2 Å². The molecule has 1 N–H and O–H groups in total. The highest BCUT2D eigenvalue weighted by Crippen LogP contribution is 2.23. The van der Waals surface area contributed by atoms with Gasteiger partial charge in [-0.1, -0.05) is 74.5 Å².